The monoisotopic (exact) mass is 450 g/mol. The Morgan fingerprint density at radius 1 is 1.18 bits per heavy atom. The summed E-state index contributed by atoms with van der Waals surface area (Å²) in [5, 5.41) is 16.0. The Morgan fingerprint density at radius 3 is 2.64 bits per heavy atom. The van der Waals surface area contributed by atoms with Gasteiger partial charge in [0.25, 0.3) is 5.69 Å². The average Bonchev–Trinajstić information content (AvgIpc) is 3.35. The van der Waals surface area contributed by atoms with E-state index in [4.69, 9.17) is 0 Å². The third-order valence-electron chi connectivity index (χ3n) is 6.27. The molecule has 1 saturated heterocycles. The zero-order valence-electron chi connectivity index (χ0n) is 18.1. The van der Waals surface area contributed by atoms with Crippen molar-refractivity contribution in [2.75, 3.05) is 20.1 Å². The van der Waals surface area contributed by atoms with Crippen LogP contribution in [0.15, 0.2) is 42.6 Å². The van der Waals surface area contributed by atoms with Gasteiger partial charge >= 0.3 is 0 Å². The normalized spacial score (nSPS) is 16.0. The van der Waals surface area contributed by atoms with E-state index < -0.39 is 4.92 Å². The van der Waals surface area contributed by atoms with Crippen LogP contribution in [0.5, 0.6) is 0 Å². The predicted octanol–water partition coefficient (Wildman–Crippen LogP) is 2.64. The molecule has 0 bridgehead atoms. The van der Waals surface area contributed by atoms with Crippen LogP contribution in [0.1, 0.15) is 17.0 Å². The Balaban J connectivity index is 1.32. The van der Waals surface area contributed by atoms with Crippen LogP contribution in [0.3, 0.4) is 0 Å². The Labute approximate surface area is 189 Å². The molecule has 9 nitrogen and oxygen atoms in total. The quantitative estimate of drug-likeness (QED) is 0.423. The number of carbonyl (C=O) groups excluding carboxylic acids is 1. The summed E-state index contributed by atoms with van der Waals surface area (Å²) in [7, 11) is 2.09. The lowest BCUT2D eigenvalue weighted by molar-refractivity contribution is -0.385. The number of benzene rings is 1. The van der Waals surface area contributed by atoms with Crippen LogP contribution in [0.2, 0.25) is 0 Å². The van der Waals surface area contributed by atoms with Crippen molar-refractivity contribution in [3.63, 3.8) is 0 Å². The summed E-state index contributed by atoms with van der Waals surface area (Å²) in [6.07, 6.45) is 1.62. The molecule has 1 fully saturated rings. The minimum Gasteiger partial charge on any atom is -0.332 e. The van der Waals surface area contributed by atoms with Crippen LogP contribution < -0.4 is 0 Å². The van der Waals surface area contributed by atoms with Gasteiger partial charge in [-0.15, -0.1) is 0 Å². The summed E-state index contributed by atoms with van der Waals surface area (Å²) in [5.41, 5.74) is 3.01. The van der Waals surface area contributed by atoms with Gasteiger partial charge in [0.15, 0.2) is 0 Å². The molecular formula is C23H23FN6O3. The summed E-state index contributed by atoms with van der Waals surface area (Å²) in [4.78, 5) is 32.4. The third kappa shape index (κ3) is 4.21. The smallest absolute Gasteiger partial charge is 0.291 e. The molecule has 0 aliphatic carbocycles. The molecule has 2 aromatic heterocycles. The number of rotatable bonds is 6. The van der Waals surface area contributed by atoms with Gasteiger partial charge in [0.2, 0.25) is 5.91 Å². The summed E-state index contributed by atoms with van der Waals surface area (Å²) < 4.78 is 15.2. The molecule has 10 heteroatoms. The zero-order chi connectivity index (χ0) is 23.1. The molecule has 0 spiro atoms. The highest BCUT2D eigenvalue weighted by atomic mass is 19.1. The minimum atomic E-state index is -0.531. The zero-order valence-corrected chi connectivity index (χ0v) is 18.1. The molecule has 5 rings (SSSR count). The third-order valence-corrected chi connectivity index (χ3v) is 6.27. The first kappa shape index (κ1) is 21.2. The van der Waals surface area contributed by atoms with E-state index in [1.54, 1.807) is 23.2 Å². The lowest BCUT2D eigenvalue weighted by atomic mass is 10.0. The largest absolute Gasteiger partial charge is 0.332 e. The van der Waals surface area contributed by atoms with Crippen molar-refractivity contribution in [3.8, 4) is 11.3 Å². The van der Waals surface area contributed by atoms with Gasteiger partial charge in [-0.1, -0.05) is 0 Å². The van der Waals surface area contributed by atoms with Gasteiger partial charge in [-0.25, -0.2) is 9.37 Å². The van der Waals surface area contributed by atoms with Crippen LogP contribution in [0.25, 0.3) is 11.3 Å². The highest BCUT2D eigenvalue weighted by Crippen LogP contribution is 2.28. The molecule has 0 saturated carbocycles. The Morgan fingerprint density at radius 2 is 1.94 bits per heavy atom. The Bertz CT molecular complexity index is 1220. The van der Waals surface area contributed by atoms with Crippen LogP contribution in [0, 0.1) is 21.8 Å². The molecule has 3 aromatic rings. The van der Waals surface area contributed by atoms with Gasteiger partial charge < -0.3 is 9.80 Å². The van der Waals surface area contributed by atoms with Crippen molar-refractivity contribution in [3.05, 3.63) is 75.5 Å². The molecule has 2 aliphatic rings. The fourth-order valence-corrected chi connectivity index (χ4v) is 4.56. The van der Waals surface area contributed by atoms with E-state index in [-0.39, 0.29) is 29.5 Å². The first-order chi connectivity index (χ1) is 15.9. The SMILES string of the molecule is CN1CC(Cn2ncc3c2CN(C(=O)Cc2nc(-c4ccc(F)cc4)ccc2[N+](=O)[O-])C3)C1. The van der Waals surface area contributed by atoms with Crippen molar-refractivity contribution < 1.29 is 14.1 Å². The molecule has 0 radical (unpaired) electrons. The van der Waals surface area contributed by atoms with E-state index in [2.05, 4.69) is 22.0 Å². The number of pyridine rings is 1. The minimum absolute atomic E-state index is 0.0990. The van der Waals surface area contributed by atoms with Crippen LogP contribution >= 0.6 is 0 Å². The Hall–Kier alpha value is -3.66. The van der Waals surface area contributed by atoms with E-state index in [1.165, 1.54) is 24.3 Å². The molecule has 170 valence electrons. The van der Waals surface area contributed by atoms with Gasteiger partial charge in [0.05, 0.1) is 35.5 Å². The van der Waals surface area contributed by atoms with Crippen molar-refractivity contribution in [1.82, 2.24) is 24.6 Å². The summed E-state index contributed by atoms with van der Waals surface area (Å²) in [6, 6.07) is 8.57. The van der Waals surface area contributed by atoms with E-state index in [1.807, 2.05) is 4.68 Å². The number of nitrogens with zero attached hydrogens (tertiary/aromatic N) is 6. The molecule has 0 unspecified atom stereocenters. The van der Waals surface area contributed by atoms with Crippen molar-refractivity contribution >= 4 is 11.6 Å². The lowest BCUT2D eigenvalue weighted by Crippen LogP contribution is -2.45. The predicted molar refractivity (Wildman–Crippen MR) is 117 cm³/mol. The average molecular weight is 450 g/mol. The van der Waals surface area contributed by atoms with Crippen molar-refractivity contribution in [2.24, 2.45) is 5.92 Å². The number of hydrogen-bond acceptors (Lipinski definition) is 6. The fraction of sp³-hybridized carbons (Fsp3) is 0.348. The molecule has 0 atom stereocenters. The summed E-state index contributed by atoms with van der Waals surface area (Å²) in [6.45, 7) is 3.77. The first-order valence-corrected chi connectivity index (χ1v) is 10.8. The highest BCUT2D eigenvalue weighted by Gasteiger charge is 2.31. The molecule has 0 N–H and O–H groups in total. The second kappa shape index (κ2) is 8.36. The molecule has 1 aromatic carbocycles. The second-order valence-electron chi connectivity index (χ2n) is 8.74. The number of carbonyl (C=O) groups is 1. The van der Waals surface area contributed by atoms with Gasteiger partial charge in [0, 0.05) is 49.3 Å². The summed E-state index contributed by atoms with van der Waals surface area (Å²) in [5.74, 6) is -0.0506. The van der Waals surface area contributed by atoms with E-state index in [0.29, 0.717) is 30.3 Å². The maximum Gasteiger partial charge on any atom is 0.291 e. The molecule has 1 amide bonds. The molecule has 2 aliphatic heterocycles. The van der Waals surface area contributed by atoms with E-state index in [9.17, 15) is 19.3 Å². The second-order valence-corrected chi connectivity index (χ2v) is 8.74. The van der Waals surface area contributed by atoms with Gasteiger partial charge in [-0.3, -0.25) is 19.6 Å². The number of fused-ring (bicyclic) bond motifs is 1. The maximum atomic E-state index is 13.3. The number of likely N-dealkylation sites (tertiary alicyclic amines) is 1. The van der Waals surface area contributed by atoms with E-state index >= 15 is 0 Å². The standard InChI is InChI=1S/C23H23FN6O3/c1-27-10-15(11-27)12-29-22-14-28(13-17(22)9-25-29)23(31)8-20-21(30(32)33)7-6-19(26-20)16-2-4-18(24)5-3-16/h2-7,9,15H,8,10-14H2,1H3. The Kier molecular flexibility index (Phi) is 5.37. The van der Waals surface area contributed by atoms with Gasteiger partial charge in [-0.05, 0) is 37.4 Å². The lowest BCUT2D eigenvalue weighted by Gasteiger charge is -2.36. The van der Waals surface area contributed by atoms with E-state index in [0.717, 1.165) is 30.9 Å². The molecular weight excluding hydrogens is 427 g/mol. The van der Waals surface area contributed by atoms with Crippen LogP contribution in [0.4, 0.5) is 10.1 Å². The van der Waals surface area contributed by atoms with Crippen molar-refractivity contribution in [2.45, 2.75) is 26.1 Å². The topological polar surface area (TPSA) is 97.4 Å². The fourth-order valence-electron chi connectivity index (χ4n) is 4.56. The number of aromatic nitrogens is 3. The summed E-state index contributed by atoms with van der Waals surface area (Å²) >= 11 is 0. The molecule has 33 heavy (non-hydrogen) atoms. The van der Waals surface area contributed by atoms with Gasteiger partial charge in [0.1, 0.15) is 11.5 Å². The van der Waals surface area contributed by atoms with Gasteiger partial charge in [-0.2, -0.15) is 5.10 Å². The first-order valence-electron chi connectivity index (χ1n) is 10.8. The number of hydrogen-bond donors (Lipinski definition) is 0. The maximum absolute atomic E-state index is 13.3. The number of nitro groups is 1. The highest BCUT2D eigenvalue weighted by molar-refractivity contribution is 5.80. The number of amides is 1. The van der Waals surface area contributed by atoms with Crippen LogP contribution in [-0.2, 0) is 30.8 Å². The number of halogens is 1. The van der Waals surface area contributed by atoms with Crippen molar-refractivity contribution in [1.29, 1.82) is 0 Å². The van der Waals surface area contributed by atoms with Crippen LogP contribution in [-0.4, -0.2) is 55.5 Å². The molecule has 4 heterocycles.